The first-order valence-corrected chi connectivity index (χ1v) is 28.2. The summed E-state index contributed by atoms with van der Waals surface area (Å²) in [6.07, 6.45) is 17.7. The van der Waals surface area contributed by atoms with Crippen LogP contribution in [0.5, 0.6) is 0 Å². The van der Waals surface area contributed by atoms with Crippen molar-refractivity contribution in [3.8, 4) is 0 Å². The lowest BCUT2D eigenvalue weighted by Crippen LogP contribution is -2.65. The van der Waals surface area contributed by atoms with Crippen molar-refractivity contribution in [1.29, 1.82) is 0 Å². The summed E-state index contributed by atoms with van der Waals surface area (Å²) in [7, 11) is -16.6. The molecule has 0 aromatic rings. The smallest absolute Gasteiger partial charge is 0.462 e. The van der Waals surface area contributed by atoms with E-state index in [-0.39, 0.29) is 12.8 Å². The Balaban J connectivity index is 2.75. The molecule has 0 bridgehead atoms. The molecule has 8 N–H and O–H groups in total. The zero-order chi connectivity index (χ0) is 48.6. The Morgan fingerprint density at radius 1 is 0.492 bits per heavy atom. The van der Waals surface area contributed by atoms with E-state index in [1.165, 1.54) is 64.2 Å². The molecule has 1 fully saturated rings. The minimum absolute atomic E-state index is 0.00138. The number of unbranched alkanes of at least 4 members (excludes halogenated alkanes) is 20. The second-order valence-corrected chi connectivity index (χ2v) is 20.5. The lowest BCUT2D eigenvalue weighted by molar-refractivity contribution is -0.213. The number of hydrogen-bond acceptors (Lipinski definition) is 14. The highest BCUT2D eigenvalue weighted by Crippen LogP contribution is 2.51. The number of phosphoric ester groups is 3. The number of carbonyl (C=O) groups excluding carboxylic acids is 2. The number of allylic oxidation sites excluding steroid dienone is 4. The van der Waals surface area contributed by atoms with Gasteiger partial charge in [0.15, 0.2) is 6.10 Å². The number of ether oxygens (including phenoxy) is 2. The second-order valence-electron chi connectivity index (χ2n) is 16.7. The third-order valence-corrected chi connectivity index (χ3v) is 12.8. The van der Waals surface area contributed by atoms with Crippen LogP contribution in [0.4, 0.5) is 0 Å². The van der Waals surface area contributed by atoms with E-state index >= 15 is 0 Å². The summed E-state index contributed by atoms with van der Waals surface area (Å²) in [5.74, 6) is -1.31. The quantitative estimate of drug-likeness (QED) is 0.0124. The monoisotopic (exact) mass is 994 g/mol. The predicted octanol–water partition coefficient (Wildman–Crippen LogP) is 8.29. The first-order chi connectivity index (χ1) is 30.8. The third kappa shape index (κ3) is 32.1. The number of aliphatic hydroxyl groups is 3. The Morgan fingerprint density at radius 2 is 0.892 bits per heavy atom. The first-order valence-electron chi connectivity index (χ1n) is 23.6. The maximum Gasteiger partial charge on any atom is 0.472 e. The van der Waals surface area contributed by atoms with E-state index in [1.807, 2.05) is 0 Å². The van der Waals surface area contributed by atoms with Gasteiger partial charge in [0, 0.05) is 12.8 Å². The van der Waals surface area contributed by atoms with E-state index < -0.39 is 91.3 Å². The van der Waals surface area contributed by atoms with Crippen molar-refractivity contribution in [2.75, 3.05) is 13.2 Å². The van der Waals surface area contributed by atoms with Gasteiger partial charge in [-0.05, 0) is 44.9 Å². The van der Waals surface area contributed by atoms with Gasteiger partial charge in [-0.15, -0.1) is 0 Å². The minimum Gasteiger partial charge on any atom is -0.462 e. The van der Waals surface area contributed by atoms with Crippen molar-refractivity contribution < 1.29 is 90.6 Å². The molecule has 8 atom stereocenters. The fourth-order valence-electron chi connectivity index (χ4n) is 7.20. The van der Waals surface area contributed by atoms with Crippen LogP contribution >= 0.6 is 23.5 Å². The van der Waals surface area contributed by atoms with E-state index in [4.69, 9.17) is 18.5 Å². The third-order valence-electron chi connectivity index (χ3n) is 10.8. The van der Waals surface area contributed by atoms with Crippen LogP contribution in [0, 0.1) is 0 Å². The van der Waals surface area contributed by atoms with Crippen molar-refractivity contribution in [2.24, 2.45) is 0 Å². The lowest BCUT2D eigenvalue weighted by Gasteiger charge is -2.44. The summed E-state index contributed by atoms with van der Waals surface area (Å²) in [5.41, 5.74) is 0. The summed E-state index contributed by atoms with van der Waals surface area (Å²) in [6, 6.07) is 0. The molecule has 0 aliphatic heterocycles. The Hall–Kier alpha value is -1.37. The maximum atomic E-state index is 13.1. The topological polar surface area (TPSA) is 303 Å². The molecule has 0 spiro atoms. The van der Waals surface area contributed by atoms with Crippen LogP contribution in [0.3, 0.4) is 0 Å². The molecule has 0 aromatic carbocycles. The second kappa shape index (κ2) is 35.7. The van der Waals surface area contributed by atoms with Crippen molar-refractivity contribution in [1.82, 2.24) is 0 Å². The first kappa shape index (κ1) is 61.6. The number of aliphatic hydroxyl groups excluding tert-OH is 3. The van der Waals surface area contributed by atoms with Crippen molar-refractivity contribution in [3.05, 3.63) is 24.3 Å². The SMILES string of the molecule is CCCCC/C=C\C/C=C\CCCCCCCC(=O)OC[C@H](COP(=O)(O)O[C@H]1C(O)C(O)C(OP(=O)(O)O)[C@@H](OP(=O)(O)O)C1O)OC(=O)CCCCCCCCCCCCCCC. The van der Waals surface area contributed by atoms with Crippen molar-refractivity contribution >= 4 is 35.4 Å². The average Bonchev–Trinajstić information content (AvgIpc) is 3.23. The largest absolute Gasteiger partial charge is 0.472 e. The van der Waals surface area contributed by atoms with Gasteiger partial charge in [0.25, 0.3) is 0 Å². The van der Waals surface area contributed by atoms with E-state index in [0.29, 0.717) is 12.8 Å². The number of carbonyl (C=O) groups is 2. The summed E-state index contributed by atoms with van der Waals surface area (Å²) in [4.78, 5) is 73.1. The molecule has 1 saturated carbocycles. The molecule has 1 rings (SSSR count). The van der Waals surface area contributed by atoms with E-state index in [1.54, 1.807) is 0 Å². The molecule has 0 radical (unpaired) electrons. The minimum atomic E-state index is -5.60. The van der Waals surface area contributed by atoms with Gasteiger partial charge in [-0.2, -0.15) is 0 Å². The Morgan fingerprint density at radius 3 is 1.38 bits per heavy atom. The zero-order valence-corrected chi connectivity index (χ0v) is 41.2. The number of esters is 2. The molecule has 0 amide bonds. The maximum absolute atomic E-state index is 13.1. The predicted molar refractivity (Wildman–Crippen MR) is 243 cm³/mol. The highest BCUT2D eigenvalue weighted by molar-refractivity contribution is 7.47. The van der Waals surface area contributed by atoms with Crippen molar-refractivity contribution in [2.45, 2.75) is 224 Å². The van der Waals surface area contributed by atoms with Crippen LogP contribution < -0.4 is 0 Å². The summed E-state index contributed by atoms with van der Waals surface area (Å²) < 4.78 is 65.4. The molecular weight excluding hydrogens is 913 g/mol. The summed E-state index contributed by atoms with van der Waals surface area (Å²) in [6.45, 7) is 2.90. The van der Waals surface area contributed by atoms with Crippen LogP contribution in [-0.4, -0.2) is 108 Å². The van der Waals surface area contributed by atoms with Gasteiger partial charge in [-0.3, -0.25) is 27.7 Å². The Labute approximate surface area is 386 Å². The number of hydrogen-bond donors (Lipinski definition) is 8. The van der Waals surface area contributed by atoms with E-state index in [0.717, 1.165) is 77.0 Å². The standard InChI is InChI=1S/C43H81O19P3/c1-3-5-7-9-11-13-15-17-18-20-21-23-25-27-29-31-36(44)57-33-35(59-37(45)32-30-28-26-24-22-19-16-14-12-10-8-6-4-2)34-58-65(55,56)62-41-38(46)39(47)42(60-63(49,50)51)43(40(41)48)61-64(52,53)54/h11,13,17-18,35,38-43,46-48H,3-10,12,14-16,19-34H2,1-2H3,(H,55,56)(H2,49,50,51)(H2,52,53,54)/b13-11-,18-17-/t35-,38?,39?,40?,41+,42?,43+/m1/s1. The number of phosphoric acid groups is 3. The van der Waals surface area contributed by atoms with E-state index in [9.17, 15) is 63.1 Å². The summed E-state index contributed by atoms with van der Waals surface area (Å²) in [5, 5.41) is 31.8. The Kier molecular flexibility index (Phi) is 33.9. The zero-order valence-electron chi connectivity index (χ0n) is 38.6. The highest BCUT2D eigenvalue weighted by atomic mass is 31.2. The molecule has 22 heteroatoms. The number of rotatable bonds is 40. The van der Waals surface area contributed by atoms with Gasteiger partial charge < -0.3 is 49.3 Å². The fraction of sp³-hybridized carbons (Fsp3) is 0.860. The molecular formula is C43H81O19P3. The van der Waals surface area contributed by atoms with Crippen LogP contribution in [-0.2, 0) is 50.9 Å². The van der Waals surface area contributed by atoms with E-state index in [2.05, 4.69) is 47.2 Å². The van der Waals surface area contributed by atoms with Gasteiger partial charge in [0.1, 0.15) is 43.2 Å². The lowest BCUT2D eigenvalue weighted by atomic mass is 9.85. The fourth-order valence-corrected chi connectivity index (χ4v) is 9.30. The molecule has 65 heavy (non-hydrogen) atoms. The Bertz CT molecular complexity index is 1470. The molecule has 0 aromatic heterocycles. The van der Waals surface area contributed by atoms with Crippen LogP contribution in [0.2, 0.25) is 0 Å². The van der Waals surface area contributed by atoms with Gasteiger partial charge in [-0.1, -0.05) is 147 Å². The van der Waals surface area contributed by atoms with Crippen LogP contribution in [0.15, 0.2) is 24.3 Å². The molecule has 382 valence electrons. The van der Waals surface area contributed by atoms with Gasteiger partial charge in [-0.25, -0.2) is 13.7 Å². The van der Waals surface area contributed by atoms with Gasteiger partial charge >= 0.3 is 35.4 Å². The molecule has 1 aliphatic carbocycles. The molecule has 19 nitrogen and oxygen atoms in total. The molecule has 0 heterocycles. The molecule has 0 saturated heterocycles. The van der Waals surface area contributed by atoms with Crippen LogP contribution in [0.25, 0.3) is 0 Å². The van der Waals surface area contributed by atoms with Gasteiger partial charge in [0.2, 0.25) is 0 Å². The molecule has 5 unspecified atom stereocenters. The van der Waals surface area contributed by atoms with Crippen molar-refractivity contribution in [3.63, 3.8) is 0 Å². The highest BCUT2D eigenvalue weighted by Gasteiger charge is 2.56. The molecule has 1 aliphatic rings. The summed E-state index contributed by atoms with van der Waals surface area (Å²) >= 11 is 0. The van der Waals surface area contributed by atoms with Crippen LogP contribution in [0.1, 0.15) is 181 Å². The van der Waals surface area contributed by atoms with Gasteiger partial charge in [0.05, 0.1) is 6.61 Å². The normalized spacial score (nSPS) is 22.1. The average molecular weight is 995 g/mol.